The fourth-order valence-electron chi connectivity index (χ4n) is 2.05. The minimum atomic E-state index is -2.73. The highest BCUT2D eigenvalue weighted by Gasteiger charge is 2.15. The molecular formula is C13H28NO3P. The van der Waals surface area contributed by atoms with Gasteiger partial charge in [-0.05, 0) is 18.0 Å². The van der Waals surface area contributed by atoms with Crippen LogP contribution < -0.4 is 10.2 Å². The zero-order valence-corrected chi connectivity index (χ0v) is 12.7. The van der Waals surface area contributed by atoms with Crippen LogP contribution in [-0.4, -0.2) is 19.7 Å². The summed E-state index contributed by atoms with van der Waals surface area (Å²) in [5.41, 5.74) is 0. The summed E-state index contributed by atoms with van der Waals surface area (Å²) >= 11 is 0. The molecule has 0 aliphatic heterocycles. The van der Waals surface area contributed by atoms with Crippen molar-refractivity contribution >= 4 is 8.25 Å². The number of nitrogens with one attached hydrogen (secondary N) is 1. The fraction of sp³-hybridized carbons (Fsp3) is 1.00. The summed E-state index contributed by atoms with van der Waals surface area (Å²) in [6, 6.07) is 0. The van der Waals surface area contributed by atoms with Gasteiger partial charge in [0.1, 0.15) is 6.10 Å². The Morgan fingerprint density at radius 3 is 2.17 bits per heavy atom. The van der Waals surface area contributed by atoms with E-state index in [9.17, 15) is 9.46 Å². The van der Waals surface area contributed by atoms with Gasteiger partial charge in [-0.1, -0.05) is 58.3 Å². The quantitative estimate of drug-likeness (QED) is 0.415. The monoisotopic (exact) mass is 277 g/mol. The summed E-state index contributed by atoms with van der Waals surface area (Å²) in [4.78, 5) is 10.5. The molecule has 0 radical (unpaired) electrons. The minimum absolute atomic E-state index is 0.198. The molecule has 0 saturated carbocycles. The van der Waals surface area contributed by atoms with E-state index in [4.69, 9.17) is 4.52 Å². The molecule has 0 bridgehead atoms. The predicted molar refractivity (Wildman–Crippen MR) is 73.6 cm³/mol. The molecule has 0 aliphatic rings. The van der Waals surface area contributed by atoms with Crippen LogP contribution in [0.5, 0.6) is 0 Å². The molecule has 0 fully saturated rings. The predicted octanol–water partition coefficient (Wildman–Crippen LogP) is 3.14. The number of rotatable bonds is 13. The van der Waals surface area contributed by atoms with Crippen LogP contribution in [0.25, 0.3) is 0 Å². The maximum absolute atomic E-state index is 10.5. The molecule has 0 aromatic carbocycles. The Labute approximate surface area is 112 Å². The van der Waals surface area contributed by atoms with E-state index in [-0.39, 0.29) is 6.10 Å². The Hall–Kier alpha value is -0.0200. The molecule has 0 spiro atoms. The highest BCUT2D eigenvalue weighted by Crippen LogP contribution is 2.18. The van der Waals surface area contributed by atoms with Crippen molar-refractivity contribution in [1.82, 2.24) is 5.32 Å². The zero-order chi connectivity index (χ0) is 13.6. The van der Waals surface area contributed by atoms with Crippen LogP contribution >= 0.6 is 8.25 Å². The molecule has 0 heterocycles. The van der Waals surface area contributed by atoms with E-state index in [2.05, 4.69) is 12.2 Å². The van der Waals surface area contributed by atoms with Crippen LogP contribution in [0.2, 0.25) is 0 Å². The second-order valence-electron chi connectivity index (χ2n) is 4.77. The van der Waals surface area contributed by atoms with Crippen molar-refractivity contribution in [2.75, 3.05) is 13.6 Å². The molecule has 5 heteroatoms. The van der Waals surface area contributed by atoms with Gasteiger partial charge in [0.15, 0.2) is 0 Å². The first-order chi connectivity index (χ1) is 8.70. The van der Waals surface area contributed by atoms with Gasteiger partial charge in [0.2, 0.25) is 0 Å². The van der Waals surface area contributed by atoms with Crippen LogP contribution in [0, 0.1) is 0 Å². The first-order valence-corrected chi connectivity index (χ1v) is 8.26. The SMILES string of the molecule is CCCCCCCCCCC(CNC)O[P+](=O)[O-]. The summed E-state index contributed by atoms with van der Waals surface area (Å²) in [7, 11) is -0.918. The number of likely N-dealkylation sites (N-methyl/N-ethyl adjacent to an activating group) is 1. The maximum Gasteiger partial charge on any atom is 0.488 e. The summed E-state index contributed by atoms with van der Waals surface area (Å²) in [6.07, 6.45) is 10.7. The van der Waals surface area contributed by atoms with Crippen molar-refractivity contribution in [3.63, 3.8) is 0 Å². The average Bonchev–Trinajstić information content (AvgIpc) is 2.32. The van der Waals surface area contributed by atoms with Crippen molar-refractivity contribution in [1.29, 1.82) is 0 Å². The molecule has 0 aromatic heterocycles. The number of unbranched alkanes of at least 4 members (excludes halogenated alkanes) is 7. The molecule has 0 amide bonds. The van der Waals surface area contributed by atoms with Crippen molar-refractivity contribution in [2.24, 2.45) is 0 Å². The van der Waals surface area contributed by atoms with Crippen LogP contribution in [0.15, 0.2) is 0 Å². The number of hydrogen-bond donors (Lipinski definition) is 1. The van der Waals surface area contributed by atoms with E-state index in [1.807, 2.05) is 7.05 Å². The molecule has 2 unspecified atom stereocenters. The highest BCUT2D eigenvalue weighted by atomic mass is 31.1. The van der Waals surface area contributed by atoms with E-state index < -0.39 is 8.25 Å². The lowest BCUT2D eigenvalue weighted by Gasteiger charge is -2.10. The second-order valence-corrected chi connectivity index (χ2v) is 5.43. The smallest absolute Gasteiger partial charge is 0.488 e. The third kappa shape index (κ3) is 12.4. The van der Waals surface area contributed by atoms with Crippen molar-refractivity contribution in [3.05, 3.63) is 0 Å². The fourth-order valence-corrected chi connectivity index (χ4v) is 2.47. The van der Waals surface area contributed by atoms with Gasteiger partial charge >= 0.3 is 8.25 Å². The van der Waals surface area contributed by atoms with Crippen LogP contribution in [0.3, 0.4) is 0 Å². The molecule has 0 aliphatic carbocycles. The van der Waals surface area contributed by atoms with Gasteiger partial charge in [0.25, 0.3) is 0 Å². The highest BCUT2D eigenvalue weighted by molar-refractivity contribution is 7.30. The lowest BCUT2D eigenvalue weighted by Crippen LogP contribution is -2.25. The van der Waals surface area contributed by atoms with Crippen molar-refractivity contribution < 1.29 is 14.0 Å². The largest absolute Gasteiger partial charge is 0.566 e. The normalized spacial score (nSPS) is 13.6. The number of hydrogen-bond acceptors (Lipinski definition) is 4. The van der Waals surface area contributed by atoms with Gasteiger partial charge in [-0.3, -0.25) is 0 Å². The third-order valence-corrected chi connectivity index (χ3v) is 3.52. The molecule has 0 saturated heterocycles. The van der Waals surface area contributed by atoms with Gasteiger partial charge in [-0.25, -0.2) is 0 Å². The lowest BCUT2D eigenvalue weighted by molar-refractivity contribution is -0.189. The average molecular weight is 277 g/mol. The van der Waals surface area contributed by atoms with Crippen molar-refractivity contribution in [2.45, 2.75) is 70.8 Å². The lowest BCUT2D eigenvalue weighted by atomic mass is 10.1. The molecule has 0 rings (SSSR count). The molecular weight excluding hydrogens is 249 g/mol. The Kier molecular flexibility index (Phi) is 13.4. The third-order valence-electron chi connectivity index (χ3n) is 3.05. The van der Waals surface area contributed by atoms with E-state index in [1.165, 1.54) is 44.9 Å². The molecule has 2 atom stereocenters. The van der Waals surface area contributed by atoms with Gasteiger partial charge in [-0.2, -0.15) is 0 Å². The summed E-state index contributed by atoms with van der Waals surface area (Å²) < 4.78 is 15.3. The van der Waals surface area contributed by atoms with Gasteiger partial charge in [0.05, 0.1) is 0 Å². The van der Waals surface area contributed by atoms with E-state index in [0.29, 0.717) is 6.54 Å². The Morgan fingerprint density at radius 1 is 1.11 bits per heavy atom. The zero-order valence-electron chi connectivity index (χ0n) is 11.8. The summed E-state index contributed by atoms with van der Waals surface area (Å²) in [5, 5.41) is 2.96. The summed E-state index contributed by atoms with van der Waals surface area (Å²) in [5.74, 6) is 0. The maximum atomic E-state index is 10.5. The first kappa shape index (κ1) is 18.0. The molecule has 0 aromatic rings. The molecule has 4 nitrogen and oxygen atoms in total. The van der Waals surface area contributed by atoms with Crippen LogP contribution in [-0.2, 0) is 9.09 Å². The van der Waals surface area contributed by atoms with E-state index >= 15 is 0 Å². The Morgan fingerprint density at radius 2 is 1.67 bits per heavy atom. The second kappa shape index (κ2) is 13.4. The molecule has 108 valence electrons. The Bertz CT molecular complexity index is 203. The van der Waals surface area contributed by atoms with E-state index in [1.54, 1.807) is 0 Å². The topological polar surface area (TPSA) is 61.4 Å². The van der Waals surface area contributed by atoms with Gasteiger partial charge in [0, 0.05) is 6.54 Å². The van der Waals surface area contributed by atoms with Crippen LogP contribution in [0.4, 0.5) is 0 Å². The first-order valence-electron chi connectivity index (χ1n) is 7.16. The minimum Gasteiger partial charge on any atom is -0.566 e. The van der Waals surface area contributed by atoms with Gasteiger partial charge < -0.3 is 10.2 Å². The standard InChI is InChI=1S/C13H28NO3P/c1-3-4-5-6-7-8-9-10-11-13(12-14-2)17-18(15)16/h13-14H,3-12H2,1-2H3. The van der Waals surface area contributed by atoms with Crippen molar-refractivity contribution in [3.8, 4) is 0 Å². The Balaban J connectivity index is 3.40. The van der Waals surface area contributed by atoms with E-state index in [0.717, 1.165) is 12.8 Å². The van der Waals surface area contributed by atoms with Gasteiger partial charge in [-0.15, -0.1) is 4.52 Å². The molecule has 18 heavy (non-hydrogen) atoms. The van der Waals surface area contributed by atoms with Crippen LogP contribution in [0.1, 0.15) is 64.7 Å². The summed E-state index contributed by atoms with van der Waals surface area (Å²) in [6.45, 7) is 2.82. The molecule has 1 N–H and O–H groups in total.